The lowest BCUT2D eigenvalue weighted by Gasteiger charge is -2.41. The van der Waals surface area contributed by atoms with E-state index in [1.54, 1.807) is 4.31 Å². The van der Waals surface area contributed by atoms with Gasteiger partial charge in [-0.3, -0.25) is 0 Å². The van der Waals surface area contributed by atoms with Crippen molar-refractivity contribution in [1.82, 2.24) is 9.21 Å². The maximum absolute atomic E-state index is 11.7. The molecule has 0 bridgehead atoms. The lowest BCUT2D eigenvalue weighted by atomic mass is 9.71. The zero-order valence-electron chi connectivity index (χ0n) is 13.3. The van der Waals surface area contributed by atoms with Crippen molar-refractivity contribution in [2.75, 3.05) is 52.7 Å². The van der Waals surface area contributed by atoms with Crippen molar-refractivity contribution >= 4 is 10.0 Å². The third-order valence-electron chi connectivity index (χ3n) is 5.54. The average Bonchev–Trinajstić information content (AvgIpc) is 3.16. The third kappa shape index (κ3) is 3.60. The van der Waals surface area contributed by atoms with Crippen LogP contribution in [0.25, 0.3) is 0 Å². The van der Waals surface area contributed by atoms with Crippen LogP contribution in [0.15, 0.2) is 0 Å². The van der Waals surface area contributed by atoms with E-state index in [4.69, 9.17) is 4.74 Å². The molecule has 21 heavy (non-hydrogen) atoms. The summed E-state index contributed by atoms with van der Waals surface area (Å²) in [5.41, 5.74) is 0.263. The molecule has 0 N–H and O–H groups in total. The lowest BCUT2D eigenvalue weighted by molar-refractivity contribution is 0.0309. The Kier molecular flexibility index (Phi) is 4.34. The lowest BCUT2D eigenvalue weighted by Crippen LogP contribution is -2.46. The first-order chi connectivity index (χ1) is 9.89. The summed E-state index contributed by atoms with van der Waals surface area (Å²) in [6.45, 7) is 5.29. The molecule has 0 aromatic carbocycles. The Balaban J connectivity index is 1.58. The number of ether oxygens (including phenoxy) is 1. The van der Waals surface area contributed by atoms with Gasteiger partial charge in [0.2, 0.25) is 10.0 Å². The zero-order valence-corrected chi connectivity index (χ0v) is 14.1. The zero-order chi connectivity index (χ0) is 15.1. The van der Waals surface area contributed by atoms with Crippen LogP contribution in [0, 0.1) is 17.3 Å². The minimum atomic E-state index is -3.03. The number of hydrogen-bond donors (Lipinski definition) is 0. The predicted octanol–water partition coefficient (Wildman–Crippen LogP) is 1.02. The fraction of sp³-hybridized carbons (Fsp3) is 1.00. The Bertz CT molecular complexity index is 467. The van der Waals surface area contributed by atoms with E-state index in [0.29, 0.717) is 19.0 Å². The van der Waals surface area contributed by atoms with E-state index in [0.717, 1.165) is 45.1 Å². The molecule has 5 nitrogen and oxygen atoms in total. The van der Waals surface area contributed by atoms with Gasteiger partial charge in [-0.05, 0) is 44.1 Å². The van der Waals surface area contributed by atoms with Crippen molar-refractivity contribution in [3.63, 3.8) is 0 Å². The summed E-state index contributed by atoms with van der Waals surface area (Å²) < 4.78 is 31.0. The molecule has 1 atom stereocenters. The van der Waals surface area contributed by atoms with Gasteiger partial charge in [-0.25, -0.2) is 12.7 Å². The van der Waals surface area contributed by atoms with Gasteiger partial charge in [-0.15, -0.1) is 0 Å². The molecule has 1 saturated carbocycles. The average molecular weight is 316 g/mol. The van der Waals surface area contributed by atoms with Gasteiger partial charge in [0.25, 0.3) is 0 Å². The van der Waals surface area contributed by atoms with Crippen molar-refractivity contribution in [3.8, 4) is 0 Å². The predicted molar refractivity (Wildman–Crippen MR) is 82.6 cm³/mol. The van der Waals surface area contributed by atoms with Gasteiger partial charge < -0.3 is 9.64 Å². The Labute approximate surface area is 128 Å². The quantitative estimate of drug-likeness (QED) is 0.760. The second-order valence-corrected chi connectivity index (χ2v) is 9.38. The number of hydrogen-bond acceptors (Lipinski definition) is 4. The van der Waals surface area contributed by atoms with Crippen molar-refractivity contribution in [3.05, 3.63) is 0 Å². The van der Waals surface area contributed by atoms with Crippen LogP contribution in [-0.2, 0) is 14.8 Å². The monoisotopic (exact) mass is 316 g/mol. The van der Waals surface area contributed by atoms with Gasteiger partial charge in [0, 0.05) is 38.7 Å². The summed E-state index contributed by atoms with van der Waals surface area (Å²) in [5, 5.41) is 0. The van der Waals surface area contributed by atoms with E-state index in [1.165, 1.54) is 19.1 Å². The van der Waals surface area contributed by atoms with Gasteiger partial charge in [0.05, 0.1) is 12.9 Å². The molecule has 1 unspecified atom stereocenters. The molecule has 1 aliphatic carbocycles. The van der Waals surface area contributed by atoms with Crippen LogP contribution in [-0.4, -0.2) is 70.3 Å². The maximum atomic E-state index is 11.7. The van der Waals surface area contributed by atoms with Gasteiger partial charge in [-0.2, -0.15) is 0 Å². The molecule has 0 amide bonds. The first-order valence-corrected chi connectivity index (χ1v) is 9.95. The highest BCUT2D eigenvalue weighted by atomic mass is 32.2. The molecular formula is C15H28N2O3S. The van der Waals surface area contributed by atoms with Crippen molar-refractivity contribution < 1.29 is 13.2 Å². The number of sulfonamides is 1. The number of likely N-dealkylation sites (tertiary alicyclic amines) is 1. The smallest absolute Gasteiger partial charge is 0.211 e. The fourth-order valence-corrected chi connectivity index (χ4v) is 4.87. The minimum Gasteiger partial charge on any atom is -0.381 e. The molecular weight excluding hydrogens is 288 g/mol. The van der Waals surface area contributed by atoms with Gasteiger partial charge >= 0.3 is 0 Å². The van der Waals surface area contributed by atoms with E-state index in [2.05, 4.69) is 11.9 Å². The number of nitrogens with zero attached hydrogens (tertiary/aromatic N) is 2. The highest BCUT2D eigenvalue weighted by Gasteiger charge is 2.47. The second kappa shape index (κ2) is 5.80. The van der Waals surface area contributed by atoms with Crippen LogP contribution in [0.5, 0.6) is 0 Å². The van der Waals surface area contributed by atoms with Gasteiger partial charge in [-0.1, -0.05) is 0 Å². The van der Waals surface area contributed by atoms with Crippen LogP contribution < -0.4 is 0 Å². The molecule has 0 aromatic rings. The second-order valence-electron chi connectivity index (χ2n) is 7.40. The van der Waals surface area contributed by atoms with Crippen molar-refractivity contribution in [2.45, 2.75) is 25.7 Å². The van der Waals surface area contributed by atoms with E-state index >= 15 is 0 Å². The summed E-state index contributed by atoms with van der Waals surface area (Å²) >= 11 is 0. The maximum Gasteiger partial charge on any atom is 0.211 e. The summed E-state index contributed by atoms with van der Waals surface area (Å²) in [6, 6.07) is 0. The normalized spacial score (nSPS) is 31.0. The summed E-state index contributed by atoms with van der Waals surface area (Å²) in [6.07, 6.45) is 5.93. The Hall–Kier alpha value is -0.170. The van der Waals surface area contributed by atoms with Crippen LogP contribution in [0.2, 0.25) is 0 Å². The van der Waals surface area contributed by atoms with E-state index in [9.17, 15) is 8.42 Å². The Morgan fingerprint density at radius 2 is 1.86 bits per heavy atom. The molecule has 2 heterocycles. The number of piperidine rings is 1. The number of rotatable bonds is 5. The molecule has 3 rings (SSSR count). The summed E-state index contributed by atoms with van der Waals surface area (Å²) in [5.74, 6) is 1.37. The topological polar surface area (TPSA) is 49.9 Å². The first-order valence-electron chi connectivity index (χ1n) is 8.10. The Morgan fingerprint density at radius 1 is 1.19 bits per heavy atom. The van der Waals surface area contributed by atoms with Crippen molar-refractivity contribution in [1.29, 1.82) is 0 Å². The molecule has 1 spiro atoms. The van der Waals surface area contributed by atoms with E-state index in [1.807, 2.05) is 0 Å². The molecule has 0 aromatic heterocycles. The standard InChI is InChI=1S/C15H28N2O3S/c1-16-9-14(11-20-10-13-3-4-13)15(12-16)5-7-17(8-6-15)21(2,18)19/h13-14H,3-12H2,1-2H3. The van der Waals surface area contributed by atoms with Crippen LogP contribution >= 0.6 is 0 Å². The van der Waals surface area contributed by atoms with Gasteiger partial charge in [0.1, 0.15) is 0 Å². The largest absolute Gasteiger partial charge is 0.381 e. The Morgan fingerprint density at radius 3 is 2.43 bits per heavy atom. The molecule has 2 saturated heterocycles. The molecule has 0 radical (unpaired) electrons. The highest BCUT2D eigenvalue weighted by molar-refractivity contribution is 7.88. The SMILES string of the molecule is CN1CC(COCC2CC2)C2(CCN(S(C)(=O)=O)CC2)C1. The van der Waals surface area contributed by atoms with E-state index in [-0.39, 0.29) is 5.41 Å². The molecule has 122 valence electrons. The summed E-state index contributed by atoms with van der Waals surface area (Å²) in [7, 11) is -0.862. The van der Waals surface area contributed by atoms with Crippen LogP contribution in [0.4, 0.5) is 0 Å². The van der Waals surface area contributed by atoms with Crippen molar-refractivity contribution in [2.24, 2.45) is 17.3 Å². The first kappa shape index (κ1) is 15.7. The minimum absolute atomic E-state index is 0.263. The summed E-state index contributed by atoms with van der Waals surface area (Å²) in [4.78, 5) is 2.39. The molecule has 6 heteroatoms. The molecule has 3 fully saturated rings. The molecule has 3 aliphatic rings. The molecule has 2 aliphatic heterocycles. The fourth-order valence-electron chi connectivity index (χ4n) is 4.02. The van der Waals surface area contributed by atoms with E-state index < -0.39 is 10.0 Å². The van der Waals surface area contributed by atoms with Crippen LogP contribution in [0.3, 0.4) is 0 Å². The highest BCUT2D eigenvalue weighted by Crippen LogP contribution is 2.45. The van der Waals surface area contributed by atoms with Crippen LogP contribution in [0.1, 0.15) is 25.7 Å². The van der Waals surface area contributed by atoms with Gasteiger partial charge in [0.15, 0.2) is 0 Å². The third-order valence-corrected chi connectivity index (χ3v) is 6.84.